The van der Waals surface area contributed by atoms with Crippen molar-refractivity contribution in [2.24, 2.45) is 5.92 Å². The van der Waals surface area contributed by atoms with Gasteiger partial charge in [0.25, 0.3) is 0 Å². The summed E-state index contributed by atoms with van der Waals surface area (Å²) in [6.07, 6.45) is 11.1. The van der Waals surface area contributed by atoms with Crippen LogP contribution in [0.25, 0.3) is 0 Å². The molecule has 1 aliphatic carbocycles. The Labute approximate surface area is 89.3 Å². The van der Waals surface area contributed by atoms with Crippen LogP contribution in [0.4, 0.5) is 0 Å². The SMILES string of the molecule is CCC(C)=O.CCCC1CCCCC1. The molecule has 0 saturated heterocycles. The Hall–Kier alpha value is -0.330. The van der Waals surface area contributed by atoms with Crippen molar-refractivity contribution in [1.82, 2.24) is 0 Å². The molecule has 0 N–H and O–H groups in total. The summed E-state index contributed by atoms with van der Waals surface area (Å²) in [6.45, 7) is 5.73. The van der Waals surface area contributed by atoms with E-state index in [0.29, 0.717) is 6.42 Å². The molecule has 1 rings (SSSR count). The van der Waals surface area contributed by atoms with E-state index in [9.17, 15) is 4.79 Å². The molecule has 0 aromatic rings. The largest absolute Gasteiger partial charge is 0.300 e. The Kier molecular flexibility index (Phi) is 9.02. The number of carbonyl (C=O) groups excluding carboxylic acids is 1. The molecule has 0 aromatic heterocycles. The first kappa shape index (κ1) is 13.7. The van der Waals surface area contributed by atoms with Gasteiger partial charge in [-0.15, -0.1) is 0 Å². The maximum absolute atomic E-state index is 9.81. The van der Waals surface area contributed by atoms with E-state index in [4.69, 9.17) is 0 Å². The Morgan fingerprint density at radius 2 is 1.64 bits per heavy atom. The predicted octanol–water partition coefficient (Wildman–Crippen LogP) is 4.35. The van der Waals surface area contributed by atoms with Crippen LogP contribution in [0.1, 0.15) is 72.1 Å². The van der Waals surface area contributed by atoms with Gasteiger partial charge < -0.3 is 4.79 Å². The van der Waals surface area contributed by atoms with Crippen molar-refractivity contribution >= 4 is 5.78 Å². The lowest BCUT2D eigenvalue weighted by atomic mass is 9.86. The number of carbonyl (C=O) groups is 1. The maximum atomic E-state index is 9.81. The van der Waals surface area contributed by atoms with Crippen molar-refractivity contribution in [1.29, 1.82) is 0 Å². The van der Waals surface area contributed by atoms with Gasteiger partial charge >= 0.3 is 0 Å². The lowest BCUT2D eigenvalue weighted by Gasteiger charge is -2.20. The highest BCUT2D eigenvalue weighted by Crippen LogP contribution is 2.26. The highest BCUT2D eigenvalue weighted by atomic mass is 16.1. The van der Waals surface area contributed by atoms with E-state index in [2.05, 4.69) is 6.92 Å². The summed E-state index contributed by atoms with van der Waals surface area (Å²) in [7, 11) is 0. The van der Waals surface area contributed by atoms with Crippen molar-refractivity contribution < 1.29 is 4.79 Å². The normalized spacial score (nSPS) is 17.1. The first-order valence-electron chi connectivity index (χ1n) is 6.20. The zero-order valence-electron chi connectivity index (χ0n) is 10.1. The Morgan fingerprint density at radius 1 is 1.14 bits per heavy atom. The standard InChI is InChI=1S/C9H18.C4H8O/c1-2-6-9-7-4-3-5-8-9;1-3-4(2)5/h9H,2-8H2,1H3;3H2,1-2H3. The van der Waals surface area contributed by atoms with Crippen molar-refractivity contribution in [3.05, 3.63) is 0 Å². The van der Waals surface area contributed by atoms with Gasteiger partial charge in [-0.2, -0.15) is 0 Å². The smallest absolute Gasteiger partial charge is 0.129 e. The second kappa shape index (κ2) is 9.23. The van der Waals surface area contributed by atoms with Gasteiger partial charge in [-0.25, -0.2) is 0 Å². The molecule has 0 bridgehead atoms. The van der Waals surface area contributed by atoms with Crippen LogP contribution in [0.15, 0.2) is 0 Å². The van der Waals surface area contributed by atoms with Crippen molar-refractivity contribution in [3.8, 4) is 0 Å². The quantitative estimate of drug-likeness (QED) is 0.659. The number of hydrogen-bond acceptors (Lipinski definition) is 1. The van der Waals surface area contributed by atoms with Crippen LogP contribution in [-0.2, 0) is 4.79 Å². The minimum atomic E-state index is 0.255. The van der Waals surface area contributed by atoms with E-state index in [0.717, 1.165) is 5.92 Å². The second-order valence-corrected chi connectivity index (χ2v) is 4.35. The van der Waals surface area contributed by atoms with Crippen LogP contribution in [0.2, 0.25) is 0 Å². The Bertz CT molecular complexity index is 131. The molecule has 84 valence electrons. The first-order valence-corrected chi connectivity index (χ1v) is 6.20. The molecular formula is C13H26O. The Morgan fingerprint density at radius 3 is 2.00 bits per heavy atom. The van der Waals surface area contributed by atoms with Crippen molar-refractivity contribution in [2.45, 2.75) is 72.1 Å². The molecule has 0 radical (unpaired) electrons. The van der Waals surface area contributed by atoms with Crippen molar-refractivity contribution in [2.75, 3.05) is 0 Å². The number of hydrogen-bond donors (Lipinski definition) is 0. The number of Topliss-reactive ketones (excluding diaryl/α,β-unsaturated/α-hetero) is 1. The van der Waals surface area contributed by atoms with Crippen LogP contribution < -0.4 is 0 Å². The summed E-state index contributed by atoms with van der Waals surface area (Å²) in [5, 5.41) is 0. The van der Waals surface area contributed by atoms with Crippen LogP contribution in [0.5, 0.6) is 0 Å². The minimum Gasteiger partial charge on any atom is -0.300 e. The summed E-state index contributed by atoms with van der Waals surface area (Å²) in [5.41, 5.74) is 0. The number of rotatable bonds is 3. The highest BCUT2D eigenvalue weighted by molar-refractivity contribution is 5.74. The van der Waals surface area contributed by atoms with Crippen LogP contribution in [0.3, 0.4) is 0 Å². The second-order valence-electron chi connectivity index (χ2n) is 4.35. The molecule has 14 heavy (non-hydrogen) atoms. The van der Waals surface area contributed by atoms with Gasteiger partial charge in [-0.1, -0.05) is 58.8 Å². The van der Waals surface area contributed by atoms with E-state index < -0.39 is 0 Å². The van der Waals surface area contributed by atoms with E-state index in [1.54, 1.807) is 6.92 Å². The molecule has 0 heterocycles. The lowest BCUT2D eigenvalue weighted by molar-refractivity contribution is -0.116. The summed E-state index contributed by atoms with van der Waals surface area (Å²) in [5.74, 6) is 1.36. The summed E-state index contributed by atoms with van der Waals surface area (Å²) in [4.78, 5) is 9.81. The highest BCUT2D eigenvalue weighted by Gasteiger charge is 2.10. The molecule has 1 aliphatic rings. The average Bonchev–Trinajstić information content (AvgIpc) is 2.21. The molecule has 0 aromatic carbocycles. The molecule has 1 fully saturated rings. The maximum Gasteiger partial charge on any atom is 0.129 e. The van der Waals surface area contributed by atoms with Crippen LogP contribution >= 0.6 is 0 Å². The van der Waals surface area contributed by atoms with Crippen LogP contribution in [-0.4, -0.2) is 5.78 Å². The fourth-order valence-electron chi connectivity index (χ4n) is 1.88. The predicted molar refractivity (Wildman–Crippen MR) is 62.5 cm³/mol. The topological polar surface area (TPSA) is 17.1 Å². The third-order valence-corrected chi connectivity index (χ3v) is 2.92. The molecule has 0 unspecified atom stereocenters. The van der Waals surface area contributed by atoms with Gasteiger partial charge in [-0.05, 0) is 12.8 Å². The van der Waals surface area contributed by atoms with Gasteiger partial charge in [0.15, 0.2) is 0 Å². The molecule has 1 nitrogen and oxygen atoms in total. The van der Waals surface area contributed by atoms with Gasteiger partial charge in [0.2, 0.25) is 0 Å². The third-order valence-electron chi connectivity index (χ3n) is 2.92. The van der Waals surface area contributed by atoms with Gasteiger partial charge in [0.1, 0.15) is 5.78 Å². The number of ketones is 1. The molecule has 0 aliphatic heterocycles. The zero-order chi connectivity index (χ0) is 10.8. The third kappa shape index (κ3) is 8.28. The van der Waals surface area contributed by atoms with Gasteiger partial charge in [-0.3, -0.25) is 0 Å². The molecule has 0 amide bonds. The molecular weight excluding hydrogens is 172 g/mol. The fraction of sp³-hybridized carbons (Fsp3) is 0.923. The Balaban J connectivity index is 0.000000292. The van der Waals surface area contributed by atoms with E-state index >= 15 is 0 Å². The van der Waals surface area contributed by atoms with E-state index in [1.165, 1.54) is 44.9 Å². The monoisotopic (exact) mass is 198 g/mol. The van der Waals surface area contributed by atoms with Crippen LogP contribution in [0, 0.1) is 5.92 Å². The summed E-state index contributed by atoms with van der Waals surface area (Å²) >= 11 is 0. The average molecular weight is 198 g/mol. The van der Waals surface area contributed by atoms with Crippen molar-refractivity contribution in [3.63, 3.8) is 0 Å². The summed E-state index contributed by atoms with van der Waals surface area (Å²) in [6, 6.07) is 0. The van der Waals surface area contributed by atoms with E-state index in [-0.39, 0.29) is 5.78 Å². The minimum absolute atomic E-state index is 0.255. The lowest BCUT2D eigenvalue weighted by Crippen LogP contribution is -2.04. The molecule has 0 spiro atoms. The molecule has 1 heteroatoms. The van der Waals surface area contributed by atoms with Gasteiger partial charge in [0, 0.05) is 6.42 Å². The summed E-state index contributed by atoms with van der Waals surface area (Å²) < 4.78 is 0. The zero-order valence-corrected chi connectivity index (χ0v) is 10.1. The fourth-order valence-corrected chi connectivity index (χ4v) is 1.88. The molecule has 0 atom stereocenters. The van der Waals surface area contributed by atoms with E-state index in [1.807, 2.05) is 6.92 Å². The van der Waals surface area contributed by atoms with Gasteiger partial charge in [0.05, 0.1) is 0 Å². The first-order chi connectivity index (χ1) is 6.70. The molecule has 1 saturated carbocycles.